The van der Waals surface area contributed by atoms with Gasteiger partial charge in [0.15, 0.2) is 11.5 Å². The molecule has 1 N–H and O–H groups in total. The first kappa shape index (κ1) is 27.4. The fourth-order valence-electron chi connectivity index (χ4n) is 5.08. The van der Waals surface area contributed by atoms with Gasteiger partial charge in [0, 0.05) is 13.0 Å². The predicted molar refractivity (Wildman–Crippen MR) is 159 cm³/mol. The molecule has 7 nitrogen and oxygen atoms in total. The van der Waals surface area contributed by atoms with Crippen LogP contribution in [0.25, 0.3) is 21.0 Å². The van der Waals surface area contributed by atoms with E-state index in [0.717, 1.165) is 59.9 Å². The van der Waals surface area contributed by atoms with Crippen molar-refractivity contribution in [3.05, 3.63) is 98.4 Å². The summed E-state index contributed by atoms with van der Waals surface area (Å²) in [5.41, 5.74) is 2.80. The summed E-state index contributed by atoms with van der Waals surface area (Å²) in [6, 6.07) is 20.6. The van der Waals surface area contributed by atoms with Gasteiger partial charge < -0.3 is 14.6 Å². The molecule has 3 heterocycles. The van der Waals surface area contributed by atoms with Crippen molar-refractivity contribution in [2.24, 2.45) is 0 Å². The molecule has 2 aromatic heterocycles. The summed E-state index contributed by atoms with van der Waals surface area (Å²) in [7, 11) is 1.67. The van der Waals surface area contributed by atoms with Gasteiger partial charge in [0.25, 0.3) is 5.56 Å². The van der Waals surface area contributed by atoms with E-state index < -0.39 is 5.97 Å². The number of rotatable bonds is 5. The molecular formula is C32H32N2O5S. The zero-order valence-corrected chi connectivity index (χ0v) is 23.7. The maximum Gasteiger partial charge on any atom is 0.346 e. The van der Waals surface area contributed by atoms with Crippen LogP contribution in [0, 0.1) is 13.8 Å². The van der Waals surface area contributed by atoms with Gasteiger partial charge >= 0.3 is 5.97 Å². The van der Waals surface area contributed by atoms with Crippen LogP contribution in [-0.2, 0) is 19.6 Å². The Hall–Kier alpha value is -4.17. The summed E-state index contributed by atoms with van der Waals surface area (Å²) in [5.74, 6) is 1.36. The molecule has 206 valence electrons. The van der Waals surface area contributed by atoms with Crippen LogP contribution in [-0.4, -0.2) is 27.7 Å². The average Bonchev–Trinajstić information content (AvgIpc) is 3.12. The fourth-order valence-corrected chi connectivity index (χ4v) is 6.11. The second kappa shape index (κ2) is 11.9. The van der Waals surface area contributed by atoms with Crippen LogP contribution < -0.4 is 15.0 Å². The van der Waals surface area contributed by atoms with Crippen LogP contribution >= 0.6 is 11.3 Å². The molecule has 0 spiro atoms. The molecule has 1 aliphatic rings. The van der Waals surface area contributed by atoms with Crippen molar-refractivity contribution in [1.82, 2.24) is 9.55 Å². The highest BCUT2D eigenvalue weighted by molar-refractivity contribution is 7.20. The van der Waals surface area contributed by atoms with E-state index in [1.165, 1.54) is 16.3 Å². The number of ether oxygens (including phenoxy) is 2. The lowest BCUT2D eigenvalue weighted by Crippen LogP contribution is -2.24. The summed E-state index contributed by atoms with van der Waals surface area (Å²) in [6.07, 6.45) is 3.92. The van der Waals surface area contributed by atoms with Crippen molar-refractivity contribution in [3.8, 4) is 11.5 Å². The highest BCUT2D eigenvalue weighted by atomic mass is 32.1. The molecule has 0 unspecified atom stereocenters. The number of carboxylic acids is 1. The highest BCUT2D eigenvalue weighted by Crippen LogP contribution is 2.30. The van der Waals surface area contributed by atoms with Gasteiger partial charge in [-0.25, -0.2) is 9.78 Å². The number of fused-ring (bicyclic) bond motifs is 3. The lowest BCUT2D eigenvalue weighted by atomic mass is 10.1. The number of aromatic nitrogens is 2. The first-order chi connectivity index (χ1) is 19.4. The standard InChI is InChI=1S/C19H18O2.C13H14N2O3S/c1-14-10-11-18(19(12-14)20-2)21-13-16-8-5-7-15-6-3-4-9-17(15)16;1-7-9-11(19-10(7)13(17)18)14-8-5-3-2-4-6-15(8)12(9)16/h3-12H,13H2,1-2H3;2-6H2,1H3,(H,17,18). The second-order valence-corrected chi connectivity index (χ2v) is 10.9. The number of hydrogen-bond donors (Lipinski definition) is 1. The van der Waals surface area contributed by atoms with Gasteiger partial charge in [-0.15, -0.1) is 11.3 Å². The highest BCUT2D eigenvalue weighted by Gasteiger charge is 2.21. The molecule has 8 heteroatoms. The van der Waals surface area contributed by atoms with E-state index >= 15 is 0 Å². The van der Waals surface area contributed by atoms with Crippen LogP contribution in [0.15, 0.2) is 65.5 Å². The van der Waals surface area contributed by atoms with Crippen LogP contribution in [0.4, 0.5) is 0 Å². The topological polar surface area (TPSA) is 90.7 Å². The van der Waals surface area contributed by atoms with E-state index in [4.69, 9.17) is 14.6 Å². The van der Waals surface area contributed by atoms with Gasteiger partial charge in [-0.2, -0.15) is 0 Å². The van der Waals surface area contributed by atoms with Crippen LogP contribution in [0.1, 0.15) is 51.4 Å². The number of hydrogen-bond acceptors (Lipinski definition) is 6. The van der Waals surface area contributed by atoms with Crippen LogP contribution in [0.3, 0.4) is 0 Å². The number of thiophene rings is 1. The Labute approximate surface area is 236 Å². The van der Waals surface area contributed by atoms with Gasteiger partial charge in [-0.3, -0.25) is 9.36 Å². The molecule has 0 saturated heterocycles. The molecule has 0 radical (unpaired) electrons. The summed E-state index contributed by atoms with van der Waals surface area (Å²) in [6.45, 7) is 4.95. The molecule has 0 saturated carbocycles. The zero-order chi connectivity index (χ0) is 28.2. The Morgan fingerprint density at radius 1 is 1.02 bits per heavy atom. The normalized spacial score (nSPS) is 12.8. The van der Waals surface area contributed by atoms with Crippen molar-refractivity contribution >= 4 is 38.3 Å². The van der Waals surface area contributed by atoms with E-state index in [-0.39, 0.29) is 10.4 Å². The Morgan fingerprint density at radius 3 is 2.62 bits per heavy atom. The van der Waals surface area contributed by atoms with Gasteiger partial charge in [0.05, 0.1) is 12.5 Å². The molecule has 0 fully saturated rings. The summed E-state index contributed by atoms with van der Waals surface area (Å²) in [4.78, 5) is 29.0. The Bertz CT molecular complexity index is 1750. The minimum absolute atomic E-state index is 0.0804. The molecule has 0 amide bonds. The van der Waals surface area contributed by atoms with E-state index in [2.05, 4.69) is 47.4 Å². The lowest BCUT2D eigenvalue weighted by Gasteiger charge is -2.12. The number of carboxylic acid groups (broad SMARTS) is 1. The van der Waals surface area contributed by atoms with E-state index in [1.54, 1.807) is 18.6 Å². The molecule has 0 bridgehead atoms. The zero-order valence-electron chi connectivity index (χ0n) is 22.9. The SMILES string of the molecule is COc1cc(C)ccc1OCc1cccc2ccccc12.Cc1c(C(=O)O)sc2nc3n(c(=O)c12)CCCCC3. The van der Waals surface area contributed by atoms with Crippen molar-refractivity contribution < 1.29 is 19.4 Å². The molecule has 0 atom stereocenters. The van der Waals surface area contributed by atoms with Crippen molar-refractivity contribution in [2.45, 2.75) is 52.7 Å². The van der Waals surface area contributed by atoms with E-state index in [9.17, 15) is 9.59 Å². The number of aryl methyl sites for hydroxylation is 3. The predicted octanol–water partition coefficient (Wildman–Crippen LogP) is 6.93. The maximum absolute atomic E-state index is 12.5. The number of methoxy groups -OCH3 is 1. The minimum Gasteiger partial charge on any atom is -0.493 e. The summed E-state index contributed by atoms with van der Waals surface area (Å²) >= 11 is 1.10. The third kappa shape index (κ3) is 5.58. The number of nitrogens with zero attached hydrogens (tertiary/aromatic N) is 2. The molecular weight excluding hydrogens is 524 g/mol. The number of carbonyl (C=O) groups is 1. The molecule has 5 aromatic rings. The van der Waals surface area contributed by atoms with Gasteiger partial charge in [-0.1, -0.05) is 55.0 Å². The summed E-state index contributed by atoms with van der Waals surface area (Å²) < 4.78 is 13.1. The molecule has 40 heavy (non-hydrogen) atoms. The Morgan fingerprint density at radius 2 is 1.82 bits per heavy atom. The monoisotopic (exact) mass is 556 g/mol. The molecule has 0 aliphatic carbocycles. The number of benzene rings is 3. The fraction of sp³-hybridized carbons (Fsp3) is 0.281. The third-order valence-electron chi connectivity index (χ3n) is 7.19. The quantitative estimate of drug-likeness (QED) is 0.253. The Balaban J connectivity index is 0.000000162. The molecule has 6 rings (SSSR count). The van der Waals surface area contributed by atoms with Crippen LogP contribution in [0.2, 0.25) is 0 Å². The Kier molecular flexibility index (Phi) is 8.16. The second-order valence-electron chi connectivity index (χ2n) is 9.92. The van der Waals surface area contributed by atoms with Gasteiger partial charge in [0.2, 0.25) is 0 Å². The van der Waals surface area contributed by atoms with Crippen molar-refractivity contribution in [2.75, 3.05) is 7.11 Å². The third-order valence-corrected chi connectivity index (χ3v) is 8.36. The number of aromatic carboxylic acids is 1. The van der Waals surface area contributed by atoms with Crippen molar-refractivity contribution in [1.29, 1.82) is 0 Å². The minimum atomic E-state index is -0.986. The van der Waals surface area contributed by atoms with E-state index in [0.29, 0.717) is 28.9 Å². The maximum atomic E-state index is 12.5. The smallest absolute Gasteiger partial charge is 0.346 e. The molecule has 1 aliphatic heterocycles. The first-order valence-corrected chi connectivity index (χ1v) is 14.2. The van der Waals surface area contributed by atoms with Crippen molar-refractivity contribution in [3.63, 3.8) is 0 Å². The van der Waals surface area contributed by atoms with Gasteiger partial charge in [0.1, 0.15) is 22.1 Å². The summed E-state index contributed by atoms with van der Waals surface area (Å²) in [5, 5.41) is 12.1. The average molecular weight is 557 g/mol. The first-order valence-electron chi connectivity index (χ1n) is 13.4. The van der Waals surface area contributed by atoms with E-state index in [1.807, 2.05) is 25.1 Å². The lowest BCUT2D eigenvalue weighted by molar-refractivity contribution is 0.0701. The molecule has 3 aromatic carbocycles. The largest absolute Gasteiger partial charge is 0.493 e. The van der Waals surface area contributed by atoms with Gasteiger partial charge in [-0.05, 0) is 66.3 Å². The van der Waals surface area contributed by atoms with Crippen LogP contribution in [0.5, 0.6) is 11.5 Å².